The lowest BCUT2D eigenvalue weighted by atomic mass is 10.1. The van der Waals surface area contributed by atoms with Crippen LogP contribution in [0.5, 0.6) is 0 Å². The van der Waals surface area contributed by atoms with Gasteiger partial charge in [0.1, 0.15) is 5.69 Å². The van der Waals surface area contributed by atoms with Crippen molar-refractivity contribution in [2.75, 3.05) is 18.0 Å². The van der Waals surface area contributed by atoms with Crippen molar-refractivity contribution < 1.29 is 0 Å². The number of rotatable bonds is 2. The number of tetrazole rings is 1. The van der Waals surface area contributed by atoms with Crippen molar-refractivity contribution in [3.63, 3.8) is 0 Å². The number of thiophene rings is 1. The van der Waals surface area contributed by atoms with E-state index in [0.29, 0.717) is 0 Å². The molecule has 0 N–H and O–H groups in total. The van der Waals surface area contributed by atoms with Gasteiger partial charge in [0.25, 0.3) is 0 Å². The van der Waals surface area contributed by atoms with Crippen LogP contribution in [0.1, 0.15) is 19.3 Å². The SMILES string of the molecule is c1csc(-c2cnc(N3CCCCC3)c3nnnn23)c1. The molecule has 0 atom stereocenters. The van der Waals surface area contributed by atoms with Crippen LogP contribution in [0.25, 0.3) is 16.2 Å². The first-order valence-corrected chi connectivity index (χ1v) is 7.67. The lowest BCUT2D eigenvalue weighted by Crippen LogP contribution is -2.30. The van der Waals surface area contributed by atoms with Crippen molar-refractivity contribution in [3.8, 4) is 10.6 Å². The third-order valence-corrected chi connectivity index (χ3v) is 4.53. The molecule has 3 aromatic heterocycles. The molecule has 0 saturated carbocycles. The number of fused-ring (bicyclic) bond motifs is 1. The van der Waals surface area contributed by atoms with Crippen LogP contribution in [0, 0.1) is 0 Å². The zero-order chi connectivity index (χ0) is 13.4. The molecule has 7 heteroatoms. The second-order valence-electron chi connectivity index (χ2n) is 4.91. The first kappa shape index (κ1) is 11.8. The lowest BCUT2D eigenvalue weighted by molar-refractivity contribution is 0.573. The third kappa shape index (κ3) is 1.85. The van der Waals surface area contributed by atoms with Crippen LogP contribution in [0.2, 0.25) is 0 Å². The van der Waals surface area contributed by atoms with Crippen molar-refractivity contribution in [1.29, 1.82) is 0 Å². The minimum Gasteiger partial charge on any atom is -0.353 e. The van der Waals surface area contributed by atoms with E-state index >= 15 is 0 Å². The van der Waals surface area contributed by atoms with Crippen molar-refractivity contribution in [3.05, 3.63) is 23.7 Å². The van der Waals surface area contributed by atoms with Gasteiger partial charge in [-0.3, -0.25) is 0 Å². The molecule has 20 heavy (non-hydrogen) atoms. The van der Waals surface area contributed by atoms with E-state index in [1.165, 1.54) is 19.3 Å². The summed E-state index contributed by atoms with van der Waals surface area (Å²) in [7, 11) is 0. The molecular weight excluding hydrogens is 272 g/mol. The number of hydrogen-bond donors (Lipinski definition) is 0. The molecule has 1 aliphatic heterocycles. The number of aromatic nitrogens is 5. The van der Waals surface area contributed by atoms with Crippen molar-refractivity contribution in [1.82, 2.24) is 25.0 Å². The Morgan fingerprint density at radius 3 is 2.85 bits per heavy atom. The molecule has 0 aromatic carbocycles. The van der Waals surface area contributed by atoms with Gasteiger partial charge in [-0.1, -0.05) is 6.07 Å². The summed E-state index contributed by atoms with van der Waals surface area (Å²) in [5.74, 6) is 0.898. The van der Waals surface area contributed by atoms with Gasteiger partial charge in [0, 0.05) is 13.1 Å². The van der Waals surface area contributed by atoms with Gasteiger partial charge in [-0.2, -0.15) is 4.52 Å². The first-order valence-electron chi connectivity index (χ1n) is 6.79. The highest BCUT2D eigenvalue weighted by Crippen LogP contribution is 2.28. The molecule has 6 nitrogen and oxygen atoms in total. The van der Waals surface area contributed by atoms with Gasteiger partial charge in [0.15, 0.2) is 5.82 Å². The molecule has 102 valence electrons. The maximum atomic E-state index is 4.63. The van der Waals surface area contributed by atoms with Crippen molar-refractivity contribution in [2.24, 2.45) is 0 Å². The van der Waals surface area contributed by atoms with E-state index in [9.17, 15) is 0 Å². The quantitative estimate of drug-likeness (QED) is 0.723. The topological polar surface area (TPSA) is 59.2 Å². The van der Waals surface area contributed by atoms with Crippen molar-refractivity contribution >= 4 is 22.8 Å². The molecule has 0 bridgehead atoms. The second-order valence-corrected chi connectivity index (χ2v) is 5.85. The molecule has 0 spiro atoms. The number of nitrogens with zero attached hydrogens (tertiary/aromatic N) is 6. The van der Waals surface area contributed by atoms with Gasteiger partial charge in [-0.15, -0.1) is 16.4 Å². The maximum absolute atomic E-state index is 4.63. The van der Waals surface area contributed by atoms with E-state index in [1.54, 1.807) is 15.9 Å². The number of hydrogen-bond acceptors (Lipinski definition) is 6. The fourth-order valence-electron chi connectivity index (χ4n) is 2.64. The summed E-state index contributed by atoms with van der Waals surface area (Å²) in [5, 5.41) is 14.2. The third-order valence-electron chi connectivity index (χ3n) is 3.64. The predicted octanol–water partition coefficient (Wildman–Crippen LogP) is 2.24. The fraction of sp³-hybridized carbons (Fsp3) is 0.385. The molecule has 1 saturated heterocycles. The van der Waals surface area contributed by atoms with Crippen LogP contribution in [0.3, 0.4) is 0 Å². The Morgan fingerprint density at radius 2 is 2.05 bits per heavy atom. The second kappa shape index (κ2) is 4.82. The zero-order valence-corrected chi connectivity index (χ0v) is 11.8. The highest BCUT2D eigenvalue weighted by atomic mass is 32.1. The smallest absolute Gasteiger partial charge is 0.222 e. The molecule has 0 radical (unpaired) electrons. The number of piperidine rings is 1. The van der Waals surface area contributed by atoms with E-state index in [1.807, 2.05) is 17.6 Å². The van der Waals surface area contributed by atoms with E-state index in [4.69, 9.17) is 0 Å². The van der Waals surface area contributed by atoms with Crippen LogP contribution in [-0.2, 0) is 0 Å². The minimum atomic E-state index is 0.748. The standard InChI is InChI=1S/C13H14N6S/c1-2-6-18(7-3-1)12-13-15-16-17-19(13)10(9-14-12)11-5-4-8-20-11/h4-5,8-9H,1-3,6-7H2. The summed E-state index contributed by atoms with van der Waals surface area (Å²) in [4.78, 5) is 8.04. The Morgan fingerprint density at radius 1 is 1.15 bits per heavy atom. The summed E-state index contributed by atoms with van der Waals surface area (Å²) in [6.07, 6.45) is 5.59. The van der Waals surface area contributed by atoms with Crippen LogP contribution >= 0.6 is 11.3 Å². The maximum Gasteiger partial charge on any atom is 0.222 e. The van der Waals surface area contributed by atoms with Gasteiger partial charge in [0.05, 0.1) is 11.1 Å². The van der Waals surface area contributed by atoms with Gasteiger partial charge >= 0.3 is 0 Å². The zero-order valence-electron chi connectivity index (χ0n) is 10.9. The molecule has 0 unspecified atom stereocenters. The molecule has 4 heterocycles. The summed E-state index contributed by atoms with van der Waals surface area (Å²) in [6.45, 7) is 2.07. The molecule has 3 aromatic rings. The fourth-order valence-corrected chi connectivity index (χ4v) is 3.37. The normalized spacial score (nSPS) is 15.9. The lowest BCUT2D eigenvalue weighted by Gasteiger charge is -2.27. The molecular formula is C13H14N6S. The average molecular weight is 286 g/mol. The molecule has 0 amide bonds. The highest BCUT2D eigenvalue weighted by molar-refractivity contribution is 7.13. The van der Waals surface area contributed by atoms with Gasteiger partial charge < -0.3 is 4.90 Å². The number of anilines is 1. The molecule has 1 fully saturated rings. The molecule has 0 aliphatic carbocycles. The minimum absolute atomic E-state index is 0.748. The highest BCUT2D eigenvalue weighted by Gasteiger charge is 2.19. The van der Waals surface area contributed by atoms with Crippen LogP contribution in [0.4, 0.5) is 5.82 Å². The summed E-state index contributed by atoms with van der Waals surface area (Å²) >= 11 is 1.67. The van der Waals surface area contributed by atoms with E-state index in [-0.39, 0.29) is 0 Å². The van der Waals surface area contributed by atoms with Gasteiger partial charge in [-0.05, 0) is 41.1 Å². The Bertz CT molecular complexity index is 714. The van der Waals surface area contributed by atoms with Crippen LogP contribution in [0.15, 0.2) is 23.7 Å². The van der Waals surface area contributed by atoms with Crippen molar-refractivity contribution in [2.45, 2.75) is 19.3 Å². The van der Waals surface area contributed by atoms with E-state index < -0.39 is 0 Å². The molecule has 4 rings (SSSR count). The van der Waals surface area contributed by atoms with E-state index in [0.717, 1.165) is 35.1 Å². The summed E-state index contributed by atoms with van der Waals surface area (Å²) < 4.78 is 1.79. The van der Waals surface area contributed by atoms with Gasteiger partial charge in [-0.25, -0.2) is 4.98 Å². The Labute approximate surface area is 120 Å². The molecule has 1 aliphatic rings. The summed E-state index contributed by atoms with van der Waals surface area (Å²) in [5.41, 5.74) is 1.69. The largest absolute Gasteiger partial charge is 0.353 e. The Balaban J connectivity index is 1.85. The summed E-state index contributed by atoms with van der Waals surface area (Å²) in [6, 6.07) is 4.08. The average Bonchev–Trinajstić information content (AvgIpc) is 3.18. The predicted molar refractivity (Wildman–Crippen MR) is 78.0 cm³/mol. The van der Waals surface area contributed by atoms with Gasteiger partial charge in [0.2, 0.25) is 5.65 Å². The Kier molecular flexibility index (Phi) is 2.84. The van der Waals surface area contributed by atoms with E-state index in [2.05, 4.69) is 31.5 Å². The first-order chi connectivity index (χ1) is 9.93. The van der Waals surface area contributed by atoms with Crippen LogP contribution in [-0.4, -0.2) is 38.1 Å². The Hall–Kier alpha value is -2.02. The monoisotopic (exact) mass is 286 g/mol. The van der Waals surface area contributed by atoms with Crippen LogP contribution < -0.4 is 4.90 Å².